The average molecular weight is 156 g/mol. The molecule has 1 saturated heterocycles. The molecule has 2 amide bonds. The summed E-state index contributed by atoms with van der Waals surface area (Å²) in [5.74, 6) is 0. The molecule has 1 atom stereocenters. The van der Waals surface area contributed by atoms with Crippen molar-refractivity contribution in [3.63, 3.8) is 0 Å². The van der Waals surface area contributed by atoms with E-state index in [9.17, 15) is 4.79 Å². The second-order valence-corrected chi connectivity index (χ2v) is 3.13. The molecule has 0 saturated carbocycles. The summed E-state index contributed by atoms with van der Waals surface area (Å²) in [5.41, 5.74) is 0. The van der Waals surface area contributed by atoms with E-state index in [4.69, 9.17) is 0 Å². The lowest BCUT2D eigenvalue weighted by Gasteiger charge is -2.37. The van der Waals surface area contributed by atoms with E-state index in [1.165, 1.54) is 0 Å². The van der Waals surface area contributed by atoms with Gasteiger partial charge in [-0.15, -0.1) is 0 Å². The van der Waals surface area contributed by atoms with Crippen molar-refractivity contribution in [3.8, 4) is 0 Å². The lowest BCUT2D eigenvalue weighted by Crippen LogP contribution is -2.51. The molecule has 0 N–H and O–H groups in total. The monoisotopic (exact) mass is 156 g/mol. The number of carbonyl (C=O) groups excluding carboxylic acids is 1. The fraction of sp³-hybridized carbons (Fsp3) is 0.875. The molecule has 0 spiro atoms. The highest BCUT2D eigenvalue weighted by molar-refractivity contribution is 5.75. The second kappa shape index (κ2) is 3.11. The predicted molar refractivity (Wildman–Crippen MR) is 44.5 cm³/mol. The first-order chi connectivity index (χ1) is 5.16. The third kappa shape index (κ3) is 1.47. The molecule has 0 unspecified atom stereocenters. The zero-order valence-electron chi connectivity index (χ0n) is 7.50. The summed E-state index contributed by atoms with van der Waals surface area (Å²) in [7, 11) is 1.86. The van der Waals surface area contributed by atoms with Crippen molar-refractivity contribution in [1.82, 2.24) is 9.80 Å². The quantitative estimate of drug-likeness (QED) is 0.558. The summed E-state index contributed by atoms with van der Waals surface area (Å²) in [6.45, 7) is 5.85. The Labute approximate surface area is 68.0 Å². The molecule has 11 heavy (non-hydrogen) atoms. The van der Waals surface area contributed by atoms with E-state index >= 15 is 0 Å². The molecular formula is C8H16N2O. The minimum Gasteiger partial charge on any atom is -0.328 e. The third-order valence-corrected chi connectivity index (χ3v) is 2.33. The molecule has 1 heterocycles. The third-order valence-electron chi connectivity index (χ3n) is 2.33. The van der Waals surface area contributed by atoms with Crippen molar-refractivity contribution in [2.24, 2.45) is 0 Å². The first kappa shape index (κ1) is 8.37. The zero-order chi connectivity index (χ0) is 8.43. The van der Waals surface area contributed by atoms with E-state index in [1.54, 1.807) is 4.90 Å². The molecule has 1 rings (SSSR count). The van der Waals surface area contributed by atoms with E-state index in [2.05, 4.69) is 6.92 Å². The summed E-state index contributed by atoms with van der Waals surface area (Å²) in [5, 5.41) is 0. The van der Waals surface area contributed by atoms with Crippen LogP contribution in [0.2, 0.25) is 0 Å². The molecular weight excluding hydrogens is 140 g/mol. The van der Waals surface area contributed by atoms with E-state index in [1.807, 2.05) is 18.9 Å². The molecule has 0 aromatic heterocycles. The Morgan fingerprint density at radius 1 is 1.64 bits per heavy atom. The molecule has 1 fully saturated rings. The maximum absolute atomic E-state index is 11.4. The molecule has 3 nitrogen and oxygen atoms in total. The van der Waals surface area contributed by atoms with Gasteiger partial charge in [-0.05, 0) is 20.3 Å². The van der Waals surface area contributed by atoms with Gasteiger partial charge in [-0.25, -0.2) is 4.79 Å². The number of carbonyl (C=O) groups is 1. The van der Waals surface area contributed by atoms with E-state index in [0.717, 1.165) is 19.5 Å². The highest BCUT2D eigenvalue weighted by Crippen LogP contribution is 2.13. The van der Waals surface area contributed by atoms with E-state index in [0.29, 0.717) is 6.04 Å². The Morgan fingerprint density at radius 3 is 2.73 bits per heavy atom. The molecule has 0 aromatic rings. The number of urea groups is 1. The molecule has 1 aliphatic rings. The van der Waals surface area contributed by atoms with Gasteiger partial charge in [0, 0.05) is 26.2 Å². The molecule has 0 aliphatic carbocycles. The number of rotatable bonds is 1. The van der Waals surface area contributed by atoms with Crippen LogP contribution < -0.4 is 0 Å². The SMILES string of the molecule is CCN1C(=O)N(C)CC[C@@H]1C. The van der Waals surface area contributed by atoms with Crippen LogP contribution in [0.3, 0.4) is 0 Å². The first-order valence-electron chi connectivity index (χ1n) is 4.18. The lowest BCUT2D eigenvalue weighted by molar-refractivity contribution is 0.118. The Bertz CT molecular complexity index is 158. The summed E-state index contributed by atoms with van der Waals surface area (Å²) >= 11 is 0. The number of hydrogen-bond acceptors (Lipinski definition) is 1. The van der Waals surface area contributed by atoms with Crippen molar-refractivity contribution < 1.29 is 4.79 Å². The van der Waals surface area contributed by atoms with Gasteiger partial charge in [0.1, 0.15) is 0 Å². The average Bonchev–Trinajstić information content (AvgIpc) is 1.99. The lowest BCUT2D eigenvalue weighted by atomic mass is 10.1. The van der Waals surface area contributed by atoms with Gasteiger partial charge in [-0.2, -0.15) is 0 Å². The topological polar surface area (TPSA) is 23.6 Å². The van der Waals surface area contributed by atoms with Crippen LogP contribution in [0.15, 0.2) is 0 Å². The molecule has 1 aliphatic heterocycles. The van der Waals surface area contributed by atoms with Gasteiger partial charge in [0.25, 0.3) is 0 Å². The van der Waals surface area contributed by atoms with Crippen LogP contribution in [0.4, 0.5) is 4.79 Å². The minimum atomic E-state index is 0.172. The smallest absolute Gasteiger partial charge is 0.319 e. The number of amides is 2. The highest BCUT2D eigenvalue weighted by atomic mass is 16.2. The van der Waals surface area contributed by atoms with Crippen LogP contribution >= 0.6 is 0 Å². The second-order valence-electron chi connectivity index (χ2n) is 3.13. The van der Waals surface area contributed by atoms with Crippen molar-refractivity contribution in [2.75, 3.05) is 20.1 Å². The van der Waals surface area contributed by atoms with Gasteiger partial charge in [0.2, 0.25) is 0 Å². The Morgan fingerprint density at radius 2 is 2.27 bits per heavy atom. The van der Waals surface area contributed by atoms with Gasteiger partial charge < -0.3 is 9.80 Å². The van der Waals surface area contributed by atoms with Crippen LogP contribution in [0.1, 0.15) is 20.3 Å². The van der Waals surface area contributed by atoms with Crippen LogP contribution in [0, 0.1) is 0 Å². The summed E-state index contributed by atoms with van der Waals surface area (Å²) < 4.78 is 0. The van der Waals surface area contributed by atoms with Gasteiger partial charge in [0.05, 0.1) is 0 Å². The normalized spacial score (nSPS) is 26.1. The zero-order valence-corrected chi connectivity index (χ0v) is 7.50. The minimum absolute atomic E-state index is 0.172. The van der Waals surface area contributed by atoms with Crippen molar-refractivity contribution >= 4 is 6.03 Å². The molecule has 3 heteroatoms. The van der Waals surface area contributed by atoms with Gasteiger partial charge >= 0.3 is 6.03 Å². The Balaban J connectivity index is 2.63. The maximum atomic E-state index is 11.4. The fourth-order valence-electron chi connectivity index (χ4n) is 1.49. The van der Waals surface area contributed by atoms with Crippen LogP contribution in [0.25, 0.3) is 0 Å². The van der Waals surface area contributed by atoms with Crippen LogP contribution in [-0.2, 0) is 0 Å². The summed E-state index contributed by atoms with van der Waals surface area (Å²) in [4.78, 5) is 15.1. The first-order valence-corrected chi connectivity index (χ1v) is 4.18. The largest absolute Gasteiger partial charge is 0.328 e. The molecule has 0 radical (unpaired) electrons. The summed E-state index contributed by atoms with van der Waals surface area (Å²) in [6.07, 6.45) is 1.09. The van der Waals surface area contributed by atoms with Crippen LogP contribution in [-0.4, -0.2) is 42.0 Å². The molecule has 0 aromatic carbocycles. The molecule has 0 bridgehead atoms. The van der Waals surface area contributed by atoms with E-state index < -0.39 is 0 Å². The van der Waals surface area contributed by atoms with Crippen molar-refractivity contribution in [1.29, 1.82) is 0 Å². The molecule has 64 valence electrons. The van der Waals surface area contributed by atoms with Crippen molar-refractivity contribution in [3.05, 3.63) is 0 Å². The van der Waals surface area contributed by atoms with Crippen LogP contribution in [0.5, 0.6) is 0 Å². The van der Waals surface area contributed by atoms with Gasteiger partial charge in [-0.1, -0.05) is 0 Å². The number of hydrogen-bond donors (Lipinski definition) is 0. The maximum Gasteiger partial charge on any atom is 0.319 e. The predicted octanol–water partition coefficient (Wildman–Crippen LogP) is 1.15. The fourth-order valence-corrected chi connectivity index (χ4v) is 1.49. The standard InChI is InChI=1S/C8H16N2O/c1-4-10-7(2)5-6-9(3)8(10)11/h7H,4-6H2,1-3H3/t7-/m0/s1. The van der Waals surface area contributed by atoms with Gasteiger partial charge in [0.15, 0.2) is 0 Å². The highest BCUT2D eigenvalue weighted by Gasteiger charge is 2.26. The van der Waals surface area contributed by atoms with Crippen molar-refractivity contribution in [2.45, 2.75) is 26.3 Å². The Kier molecular flexibility index (Phi) is 2.37. The number of nitrogens with zero attached hydrogens (tertiary/aromatic N) is 2. The Hall–Kier alpha value is -0.730. The summed E-state index contributed by atoms with van der Waals surface area (Å²) in [6, 6.07) is 0.593. The van der Waals surface area contributed by atoms with E-state index in [-0.39, 0.29) is 6.03 Å². The van der Waals surface area contributed by atoms with Gasteiger partial charge in [-0.3, -0.25) is 0 Å².